The molecule has 1 saturated carbocycles. The van der Waals surface area contributed by atoms with E-state index in [1.165, 1.54) is 0 Å². The Morgan fingerprint density at radius 1 is 1.10 bits per heavy atom. The lowest BCUT2D eigenvalue weighted by Crippen LogP contribution is -2.52. The maximum atomic E-state index is 14.0. The molecule has 2 aliphatic rings. The van der Waals surface area contributed by atoms with Crippen LogP contribution in [0, 0.1) is 17.6 Å². The lowest BCUT2D eigenvalue weighted by Gasteiger charge is -2.44. The smallest absolute Gasteiger partial charge is 0.306 e. The minimum absolute atomic E-state index is 0.205. The zero-order chi connectivity index (χ0) is 21.4. The first kappa shape index (κ1) is 20.8. The van der Waals surface area contributed by atoms with Gasteiger partial charge >= 0.3 is 5.97 Å². The van der Waals surface area contributed by atoms with Gasteiger partial charge in [0, 0.05) is 17.6 Å². The Balaban J connectivity index is 1.81. The van der Waals surface area contributed by atoms with Crippen molar-refractivity contribution in [1.29, 1.82) is 0 Å². The fourth-order valence-corrected chi connectivity index (χ4v) is 4.01. The Hall–Kier alpha value is -2.51. The number of morpholine rings is 1. The van der Waals surface area contributed by atoms with Gasteiger partial charge in [0.2, 0.25) is 0 Å². The average molecular weight is 436 g/mol. The summed E-state index contributed by atoms with van der Waals surface area (Å²) in [4.78, 5) is 26.1. The molecule has 0 radical (unpaired) electrons. The molecule has 1 amide bonds. The molecule has 4 rings (SSSR count). The van der Waals surface area contributed by atoms with Gasteiger partial charge in [-0.05, 0) is 54.2 Å². The molecule has 0 aromatic heterocycles. The summed E-state index contributed by atoms with van der Waals surface area (Å²) in [5, 5.41) is 9.74. The normalized spacial score (nSPS) is 24.2. The molecule has 0 bridgehead atoms. The van der Waals surface area contributed by atoms with Crippen LogP contribution in [-0.2, 0) is 14.3 Å². The second-order valence-electron chi connectivity index (χ2n) is 7.78. The number of amides is 1. The number of halogens is 3. The highest BCUT2D eigenvalue weighted by Crippen LogP contribution is 2.45. The molecule has 1 N–H and O–H groups in total. The topological polar surface area (TPSA) is 66.8 Å². The highest BCUT2D eigenvalue weighted by Gasteiger charge is 2.46. The van der Waals surface area contributed by atoms with Crippen LogP contribution in [0.5, 0.6) is 0 Å². The fourth-order valence-electron chi connectivity index (χ4n) is 3.89. The third-order valence-corrected chi connectivity index (χ3v) is 5.68. The van der Waals surface area contributed by atoms with E-state index in [9.17, 15) is 23.5 Å². The van der Waals surface area contributed by atoms with E-state index in [0.717, 1.165) is 31.0 Å². The molecule has 30 heavy (non-hydrogen) atoms. The van der Waals surface area contributed by atoms with Gasteiger partial charge in [-0.15, -0.1) is 0 Å². The third-order valence-electron chi connectivity index (χ3n) is 5.43. The number of aliphatic carboxylic acids is 1. The molecule has 0 unspecified atom stereocenters. The lowest BCUT2D eigenvalue weighted by molar-refractivity contribution is -0.179. The summed E-state index contributed by atoms with van der Waals surface area (Å²) < 4.78 is 33.9. The summed E-state index contributed by atoms with van der Waals surface area (Å²) in [5.41, 5.74) is 0.896. The molecular formula is C22H20ClF2NO4. The van der Waals surface area contributed by atoms with Crippen LogP contribution < -0.4 is 0 Å². The SMILES string of the molecule is O=C(O)C[C@H]1O[C@H](c2cc(F)cc(F)c2)[C@@H](c2ccc(Cl)cc2)N(CC2CC2)C1=O. The van der Waals surface area contributed by atoms with Gasteiger partial charge in [-0.2, -0.15) is 0 Å². The van der Waals surface area contributed by atoms with Gasteiger partial charge in [0.1, 0.15) is 23.8 Å². The average Bonchev–Trinajstić information content (AvgIpc) is 3.49. The zero-order valence-corrected chi connectivity index (χ0v) is 16.7. The van der Waals surface area contributed by atoms with Crippen molar-refractivity contribution in [2.75, 3.05) is 6.54 Å². The van der Waals surface area contributed by atoms with Crippen molar-refractivity contribution >= 4 is 23.5 Å². The van der Waals surface area contributed by atoms with E-state index < -0.39 is 48.2 Å². The van der Waals surface area contributed by atoms with Crippen LogP contribution >= 0.6 is 11.6 Å². The molecule has 0 spiro atoms. The highest BCUT2D eigenvalue weighted by molar-refractivity contribution is 6.30. The molecule has 1 saturated heterocycles. The predicted octanol–water partition coefficient (Wildman–Crippen LogP) is 4.51. The van der Waals surface area contributed by atoms with Gasteiger partial charge in [0.05, 0.1) is 12.5 Å². The number of carbonyl (C=O) groups excluding carboxylic acids is 1. The molecule has 1 heterocycles. The quantitative estimate of drug-likeness (QED) is 0.724. The van der Waals surface area contributed by atoms with Crippen LogP contribution in [0.2, 0.25) is 5.02 Å². The third kappa shape index (κ3) is 4.47. The van der Waals surface area contributed by atoms with Gasteiger partial charge in [0.15, 0.2) is 0 Å². The minimum Gasteiger partial charge on any atom is -0.481 e. The predicted molar refractivity (Wildman–Crippen MR) is 105 cm³/mol. The van der Waals surface area contributed by atoms with Gasteiger partial charge in [-0.25, -0.2) is 8.78 Å². The number of benzene rings is 2. The van der Waals surface area contributed by atoms with Crippen molar-refractivity contribution < 1.29 is 28.2 Å². The lowest BCUT2D eigenvalue weighted by atomic mass is 9.90. The fraction of sp³-hybridized carbons (Fsp3) is 0.364. The second-order valence-corrected chi connectivity index (χ2v) is 8.21. The van der Waals surface area contributed by atoms with E-state index in [0.29, 0.717) is 23.0 Å². The summed E-state index contributed by atoms with van der Waals surface area (Å²) in [5.74, 6) is -2.85. The molecule has 2 aromatic carbocycles. The number of hydrogen-bond acceptors (Lipinski definition) is 3. The van der Waals surface area contributed by atoms with Crippen LogP contribution in [0.1, 0.15) is 42.5 Å². The molecular weight excluding hydrogens is 416 g/mol. The number of carboxylic acids is 1. The molecule has 158 valence electrons. The van der Waals surface area contributed by atoms with E-state index >= 15 is 0 Å². The summed E-state index contributed by atoms with van der Waals surface area (Å²) in [6, 6.07) is 9.21. The molecule has 2 aromatic rings. The summed E-state index contributed by atoms with van der Waals surface area (Å²) in [7, 11) is 0. The van der Waals surface area contributed by atoms with Gasteiger partial charge in [0.25, 0.3) is 5.91 Å². The first-order valence-corrected chi connectivity index (χ1v) is 10.1. The number of rotatable bonds is 6. The summed E-state index contributed by atoms with van der Waals surface area (Å²) >= 11 is 6.01. The summed E-state index contributed by atoms with van der Waals surface area (Å²) in [6.45, 7) is 0.430. The van der Waals surface area contributed by atoms with E-state index in [-0.39, 0.29) is 5.56 Å². The Labute approximate surface area is 177 Å². The van der Waals surface area contributed by atoms with E-state index in [4.69, 9.17) is 16.3 Å². The van der Waals surface area contributed by atoms with E-state index in [1.54, 1.807) is 29.2 Å². The number of carboxylic acid groups (broad SMARTS) is 1. The number of ether oxygens (including phenoxy) is 1. The Bertz CT molecular complexity index is 944. The molecule has 3 atom stereocenters. The Morgan fingerprint density at radius 3 is 2.30 bits per heavy atom. The van der Waals surface area contributed by atoms with Crippen molar-refractivity contribution in [3.05, 3.63) is 70.2 Å². The zero-order valence-electron chi connectivity index (χ0n) is 15.9. The Morgan fingerprint density at radius 2 is 1.73 bits per heavy atom. The largest absolute Gasteiger partial charge is 0.481 e. The van der Waals surface area contributed by atoms with Crippen molar-refractivity contribution in [1.82, 2.24) is 4.90 Å². The van der Waals surface area contributed by atoms with Gasteiger partial charge in [-0.3, -0.25) is 9.59 Å². The molecule has 1 aliphatic heterocycles. The highest BCUT2D eigenvalue weighted by atomic mass is 35.5. The van der Waals surface area contributed by atoms with Crippen LogP contribution in [-0.4, -0.2) is 34.5 Å². The second kappa shape index (κ2) is 8.32. The number of hydrogen-bond donors (Lipinski definition) is 1. The number of nitrogens with zero attached hydrogens (tertiary/aromatic N) is 1. The number of carbonyl (C=O) groups is 2. The summed E-state index contributed by atoms with van der Waals surface area (Å²) in [6.07, 6.45) is -0.748. The standard InChI is InChI=1S/C22H20ClF2NO4/c23-15-5-3-13(4-6-15)20-21(14-7-16(24)9-17(25)8-14)30-18(10-19(27)28)22(29)26(20)11-12-1-2-12/h3-9,12,18,20-21H,1-2,10-11H2,(H,27,28)/t18-,20-,21-/m1/s1. The van der Waals surface area contributed by atoms with Gasteiger partial charge < -0.3 is 14.7 Å². The maximum Gasteiger partial charge on any atom is 0.306 e. The molecule has 8 heteroatoms. The van der Waals surface area contributed by atoms with E-state index in [2.05, 4.69) is 0 Å². The van der Waals surface area contributed by atoms with E-state index in [1.807, 2.05) is 0 Å². The molecule has 1 aliphatic carbocycles. The van der Waals surface area contributed by atoms with Crippen molar-refractivity contribution in [3.63, 3.8) is 0 Å². The monoisotopic (exact) mass is 435 g/mol. The molecule has 2 fully saturated rings. The van der Waals surface area contributed by atoms with Gasteiger partial charge in [-0.1, -0.05) is 23.7 Å². The maximum absolute atomic E-state index is 14.0. The van der Waals surface area contributed by atoms with Crippen LogP contribution in [0.25, 0.3) is 0 Å². The van der Waals surface area contributed by atoms with Crippen LogP contribution in [0.15, 0.2) is 42.5 Å². The van der Waals surface area contributed by atoms with Crippen LogP contribution in [0.3, 0.4) is 0 Å². The van der Waals surface area contributed by atoms with Crippen molar-refractivity contribution in [2.24, 2.45) is 5.92 Å². The van der Waals surface area contributed by atoms with Crippen molar-refractivity contribution in [2.45, 2.75) is 37.5 Å². The van der Waals surface area contributed by atoms with Crippen molar-refractivity contribution in [3.8, 4) is 0 Å². The minimum atomic E-state index is -1.24. The molecule has 5 nitrogen and oxygen atoms in total. The Kier molecular flexibility index (Phi) is 5.75. The van der Waals surface area contributed by atoms with Crippen LogP contribution in [0.4, 0.5) is 8.78 Å². The first-order chi connectivity index (χ1) is 14.3. The first-order valence-electron chi connectivity index (χ1n) is 9.71.